The highest BCUT2D eigenvalue weighted by Crippen LogP contribution is 2.06. The van der Waals surface area contributed by atoms with Crippen LogP contribution in [0.25, 0.3) is 0 Å². The average molecular weight is 276 g/mol. The third-order valence-corrected chi connectivity index (χ3v) is 3.50. The van der Waals surface area contributed by atoms with E-state index in [2.05, 4.69) is 22.8 Å². The summed E-state index contributed by atoms with van der Waals surface area (Å²) in [5.41, 5.74) is 1.18. The molecule has 1 atom stereocenters. The number of carbonyl (C=O) groups is 1. The van der Waals surface area contributed by atoms with Gasteiger partial charge in [0, 0.05) is 13.2 Å². The van der Waals surface area contributed by atoms with Gasteiger partial charge in [-0.2, -0.15) is 0 Å². The number of hydrogen-bond donors (Lipinski definition) is 2. The van der Waals surface area contributed by atoms with E-state index >= 15 is 0 Å². The van der Waals surface area contributed by atoms with Crippen LogP contribution < -0.4 is 10.6 Å². The fourth-order valence-corrected chi connectivity index (χ4v) is 2.35. The Balaban J connectivity index is 1.50. The van der Waals surface area contributed by atoms with E-state index in [1.807, 2.05) is 18.2 Å². The number of rotatable bonds is 7. The topological polar surface area (TPSA) is 50.4 Å². The third-order valence-electron chi connectivity index (χ3n) is 3.50. The molecule has 1 aromatic rings. The Labute approximate surface area is 120 Å². The molecule has 1 heterocycles. The Kier molecular flexibility index (Phi) is 6.54. The number of carbonyl (C=O) groups excluding carboxylic acids is 1. The molecule has 4 heteroatoms. The number of piperidine rings is 1. The standard InChI is InChI=1S/C16H24N2O2/c19-16(15-9-4-5-10-17-15)18-11-6-12-20-13-14-7-2-1-3-8-14/h1-3,7-8,15,17H,4-6,9-13H2,(H,18,19)/t15-/m0/s1. The van der Waals surface area contributed by atoms with Crippen LogP contribution in [0.4, 0.5) is 0 Å². The van der Waals surface area contributed by atoms with Crippen LogP contribution in [0.3, 0.4) is 0 Å². The van der Waals surface area contributed by atoms with E-state index in [-0.39, 0.29) is 11.9 Å². The smallest absolute Gasteiger partial charge is 0.237 e. The van der Waals surface area contributed by atoms with Gasteiger partial charge in [0.15, 0.2) is 0 Å². The SMILES string of the molecule is O=C(NCCCOCc1ccccc1)[C@@H]1CCCCN1. The molecule has 1 fully saturated rings. The highest BCUT2D eigenvalue weighted by atomic mass is 16.5. The summed E-state index contributed by atoms with van der Waals surface area (Å²) in [5, 5.41) is 6.22. The maximum atomic E-state index is 11.8. The van der Waals surface area contributed by atoms with Crippen LogP contribution in [-0.2, 0) is 16.1 Å². The highest BCUT2D eigenvalue weighted by Gasteiger charge is 2.19. The molecule has 0 spiro atoms. The fraction of sp³-hybridized carbons (Fsp3) is 0.562. The van der Waals surface area contributed by atoms with Crippen LogP contribution in [0, 0.1) is 0 Å². The number of benzene rings is 1. The molecule has 1 aliphatic heterocycles. The summed E-state index contributed by atoms with van der Waals surface area (Å²) >= 11 is 0. The molecule has 1 aliphatic rings. The molecule has 1 aromatic carbocycles. The first-order chi connectivity index (χ1) is 9.86. The Morgan fingerprint density at radius 3 is 2.90 bits per heavy atom. The van der Waals surface area contributed by atoms with E-state index in [4.69, 9.17) is 4.74 Å². The van der Waals surface area contributed by atoms with Crippen molar-refractivity contribution in [2.75, 3.05) is 19.7 Å². The van der Waals surface area contributed by atoms with Gasteiger partial charge < -0.3 is 15.4 Å². The molecule has 1 amide bonds. The van der Waals surface area contributed by atoms with Gasteiger partial charge in [-0.05, 0) is 31.4 Å². The van der Waals surface area contributed by atoms with Crippen LogP contribution >= 0.6 is 0 Å². The summed E-state index contributed by atoms with van der Waals surface area (Å²) in [6, 6.07) is 10.1. The van der Waals surface area contributed by atoms with E-state index in [0.717, 1.165) is 25.8 Å². The van der Waals surface area contributed by atoms with Crippen LogP contribution in [0.15, 0.2) is 30.3 Å². The number of amides is 1. The zero-order chi connectivity index (χ0) is 14.0. The first-order valence-corrected chi connectivity index (χ1v) is 7.49. The van der Waals surface area contributed by atoms with Gasteiger partial charge in [0.05, 0.1) is 12.6 Å². The van der Waals surface area contributed by atoms with Crippen LogP contribution in [-0.4, -0.2) is 31.6 Å². The first-order valence-electron chi connectivity index (χ1n) is 7.49. The molecule has 2 rings (SSSR count). The van der Waals surface area contributed by atoms with Gasteiger partial charge in [0.25, 0.3) is 0 Å². The molecule has 1 saturated heterocycles. The molecule has 110 valence electrons. The second-order valence-corrected chi connectivity index (χ2v) is 5.19. The minimum Gasteiger partial charge on any atom is -0.377 e. The minimum atomic E-state index is 0.00832. The summed E-state index contributed by atoms with van der Waals surface area (Å²) in [4.78, 5) is 11.8. The third kappa shape index (κ3) is 5.31. The van der Waals surface area contributed by atoms with Crippen molar-refractivity contribution >= 4 is 5.91 Å². The summed E-state index contributed by atoms with van der Waals surface area (Å²) < 4.78 is 5.58. The lowest BCUT2D eigenvalue weighted by Crippen LogP contribution is -2.46. The molecule has 0 aliphatic carbocycles. The Morgan fingerprint density at radius 1 is 1.30 bits per heavy atom. The maximum Gasteiger partial charge on any atom is 0.237 e. The van der Waals surface area contributed by atoms with Crippen molar-refractivity contribution < 1.29 is 9.53 Å². The normalized spacial score (nSPS) is 18.7. The van der Waals surface area contributed by atoms with E-state index in [0.29, 0.717) is 19.8 Å². The second-order valence-electron chi connectivity index (χ2n) is 5.19. The number of nitrogens with one attached hydrogen (secondary N) is 2. The largest absolute Gasteiger partial charge is 0.377 e. The average Bonchev–Trinajstić information content (AvgIpc) is 2.52. The van der Waals surface area contributed by atoms with Crippen molar-refractivity contribution in [1.29, 1.82) is 0 Å². The molecule has 4 nitrogen and oxygen atoms in total. The van der Waals surface area contributed by atoms with E-state index in [9.17, 15) is 4.79 Å². The lowest BCUT2D eigenvalue weighted by Gasteiger charge is -2.22. The second kappa shape index (κ2) is 8.72. The Hall–Kier alpha value is -1.39. The monoisotopic (exact) mass is 276 g/mol. The van der Waals surface area contributed by atoms with Crippen molar-refractivity contribution in [1.82, 2.24) is 10.6 Å². The van der Waals surface area contributed by atoms with Gasteiger partial charge >= 0.3 is 0 Å². The van der Waals surface area contributed by atoms with Gasteiger partial charge in [-0.25, -0.2) is 0 Å². The highest BCUT2D eigenvalue weighted by molar-refractivity contribution is 5.81. The van der Waals surface area contributed by atoms with Gasteiger partial charge in [-0.1, -0.05) is 36.8 Å². The Bertz CT molecular complexity index is 389. The zero-order valence-corrected chi connectivity index (χ0v) is 11.9. The van der Waals surface area contributed by atoms with Crippen LogP contribution in [0.2, 0.25) is 0 Å². The number of hydrogen-bond acceptors (Lipinski definition) is 3. The van der Waals surface area contributed by atoms with E-state index in [1.165, 1.54) is 12.0 Å². The lowest BCUT2D eigenvalue weighted by atomic mass is 10.0. The fourth-order valence-electron chi connectivity index (χ4n) is 2.35. The Morgan fingerprint density at radius 2 is 2.15 bits per heavy atom. The summed E-state index contributed by atoms with van der Waals surface area (Å²) in [6.07, 6.45) is 4.13. The summed E-state index contributed by atoms with van der Waals surface area (Å²) in [5.74, 6) is 0.132. The van der Waals surface area contributed by atoms with Crippen LogP contribution in [0.5, 0.6) is 0 Å². The lowest BCUT2D eigenvalue weighted by molar-refractivity contribution is -0.123. The molecule has 2 N–H and O–H groups in total. The van der Waals surface area contributed by atoms with E-state index < -0.39 is 0 Å². The van der Waals surface area contributed by atoms with Crippen LogP contribution in [0.1, 0.15) is 31.2 Å². The predicted molar refractivity (Wildman–Crippen MR) is 79.4 cm³/mol. The molecule has 0 bridgehead atoms. The van der Waals surface area contributed by atoms with Gasteiger partial charge in [-0.15, -0.1) is 0 Å². The quantitative estimate of drug-likeness (QED) is 0.747. The molecule has 0 saturated carbocycles. The number of ether oxygens (including phenoxy) is 1. The summed E-state index contributed by atoms with van der Waals surface area (Å²) in [7, 11) is 0. The molecular weight excluding hydrogens is 252 g/mol. The first kappa shape index (κ1) is 15.0. The van der Waals surface area contributed by atoms with E-state index in [1.54, 1.807) is 0 Å². The predicted octanol–water partition coefficient (Wildman–Crippen LogP) is 1.85. The van der Waals surface area contributed by atoms with Crippen molar-refractivity contribution in [3.8, 4) is 0 Å². The van der Waals surface area contributed by atoms with Crippen molar-refractivity contribution in [3.05, 3.63) is 35.9 Å². The molecular formula is C16H24N2O2. The van der Waals surface area contributed by atoms with Crippen molar-refractivity contribution in [2.24, 2.45) is 0 Å². The molecule has 0 aromatic heterocycles. The van der Waals surface area contributed by atoms with Gasteiger partial charge in [-0.3, -0.25) is 4.79 Å². The van der Waals surface area contributed by atoms with Crippen molar-refractivity contribution in [3.63, 3.8) is 0 Å². The zero-order valence-electron chi connectivity index (χ0n) is 11.9. The minimum absolute atomic E-state index is 0.00832. The maximum absolute atomic E-state index is 11.8. The molecule has 0 unspecified atom stereocenters. The van der Waals surface area contributed by atoms with Gasteiger partial charge in [0.1, 0.15) is 0 Å². The van der Waals surface area contributed by atoms with Gasteiger partial charge in [0.2, 0.25) is 5.91 Å². The van der Waals surface area contributed by atoms with Crippen molar-refractivity contribution in [2.45, 2.75) is 38.3 Å². The molecule has 20 heavy (non-hydrogen) atoms. The molecule has 0 radical (unpaired) electrons. The summed E-state index contributed by atoms with van der Waals surface area (Å²) in [6.45, 7) is 2.95.